The Labute approximate surface area is 266 Å². The average molecular weight is 619 g/mol. The summed E-state index contributed by atoms with van der Waals surface area (Å²) in [7, 11) is 0. The molecule has 242 valence electrons. The quantitative estimate of drug-likeness (QED) is 0.245. The van der Waals surface area contributed by atoms with Crippen LogP contribution >= 0.6 is 0 Å². The predicted molar refractivity (Wildman–Crippen MR) is 171 cm³/mol. The van der Waals surface area contributed by atoms with E-state index in [-0.39, 0.29) is 32.3 Å². The first-order valence-electron chi connectivity index (χ1n) is 15.5. The molecule has 2 N–H and O–H groups in total. The van der Waals surface area contributed by atoms with Gasteiger partial charge in [0.15, 0.2) is 6.10 Å². The molecule has 3 aromatic rings. The molecule has 0 spiro atoms. The maximum absolute atomic E-state index is 14.2. The zero-order chi connectivity index (χ0) is 32.1. The molecule has 45 heavy (non-hydrogen) atoms. The molecule has 1 aliphatic heterocycles. The first-order valence-corrected chi connectivity index (χ1v) is 15.5. The minimum Gasteiger partial charge on any atom is -0.462 e. The molecule has 0 unspecified atom stereocenters. The summed E-state index contributed by atoms with van der Waals surface area (Å²) in [5, 5.41) is 14.9. The minimum absolute atomic E-state index is 0.133. The van der Waals surface area contributed by atoms with Crippen LogP contribution in [0.5, 0.6) is 0 Å². The fraction of sp³-hybridized carbons (Fsp3) is 0.444. The van der Waals surface area contributed by atoms with Crippen molar-refractivity contribution in [3.8, 4) is 0 Å². The van der Waals surface area contributed by atoms with E-state index in [1.807, 2.05) is 91.0 Å². The molecule has 9 nitrogen and oxygen atoms in total. The number of piperazine rings is 1. The highest BCUT2D eigenvalue weighted by molar-refractivity contribution is 5.82. The van der Waals surface area contributed by atoms with Crippen molar-refractivity contribution in [1.82, 2.24) is 10.2 Å². The van der Waals surface area contributed by atoms with Gasteiger partial charge in [0.05, 0.1) is 25.2 Å². The Morgan fingerprint density at radius 3 is 1.64 bits per heavy atom. The fourth-order valence-electron chi connectivity index (χ4n) is 4.92. The van der Waals surface area contributed by atoms with Crippen LogP contribution in [0.3, 0.4) is 0 Å². The molecular weight excluding hydrogens is 572 g/mol. The van der Waals surface area contributed by atoms with Crippen molar-refractivity contribution < 1.29 is 33.6 Å². The zero-order valence-corrected chi connectivity index (χ0v) is 26.5. The predicted octanol–water partition coefficient (Wildman–Crippen LogP) is 4.12. The summed E-state index contributed by atoms with van der Waals surface area (Å²) < 4.78 is 24.9. The third-order valence-electron chi connectivity index (χ3n) is 7.51. The van der Waals surface area contributed by atoms with E-state index in [1.54, 1.807) is 25.7 Å². The van der Waals surface area contributed by atoms with E-state index in [1.165, 1.54) is 0 Å². The molecule has 4 atom stereocenters. The first kappa shape index (κ1) is 34.3. The minimum atomic E-state index is -1.32. The number of ether oxygens (including phenoxy) is 4. The van der Waals surface area contributed by atoms with Crippen molar-refractivity contribution >= 4 is 11.9 Å². The summed E-state index contributed by atoms with van der Waals surface area (Å²) in [6.45, 7) is 7.66. The van der Waals surface area contributed by atoms with Crippen molar-refractivity contribution in [1.29, 1.82) is 0 Å². The number of aliphatic hydroxyl groups is 1. The number of esters is 1. The number of hydrogen-bond acceptors (Lipinski definition) is 8. The van der Waals surface area contributed by atoms with E-state index >= 15 is 0 Å². The highest BCUT2D eigenvalue weighted by atomic mass is 16.6. The molecule has 0 aliphatic carbocycles. The maximum atomic E-state index is 14.2. The van der Waals surface area contributed by atoms with Crippen molar-refractivity contribution in [3.05, 3.63) is 108 Å². The van der Waals surface area contributed by atoms with E-state index < -0.39 is 35.8 Å². The number of hydrogen-bond donors (Lipinski definition) is 2. The van der Waals surface area contributed by atoms with Gasteiger partial charge < -0.3 is 34.3 Å². The van der Waals surface area contributed by atoms with E-state index in [4.69, 9.17) is 18.9 Å². The van der Waals surface area contributed by atoms with Gasteiger partial charge in [-0.1, -0.05) is 91.0 Å². The van der Waals surface area contributed by atoms with Crippen LogP contribution in [0.2, 0.25) is 0 Å². The van der Waals surface area contributed by atoms with Crippen molar-refractivity contribution in [2.45, 2.75) is 65.0 Å². The largest absolute Gasteiger partial charge is 0.462 e. The SMILES string of the molecule is CC(C)(C)C(=O)OC[C@H](O)[C@@H](OCc1ccccc1)[C@H](OCc1ccccc1)[C@@H](OCc1ccccc1)C(=O)N1CCNCC1. The summed E-state index contributed by atoms with van der Waals surface area (Å²) >= 11 is 0. The van der Waals surface area contributed by atoms with Crippen LogP contribution < -0.4 is 5.32 Å². The fourth-order valence-corrected chi connectivity index (χ4v) is 4.92. The number of amides is 1. The Balaban J connectivity index is 1.69. The van der Waals surface area contributed by atoms with Crippen molar-refractivity contribution in [3.63, 3.8) is 0 Å². The van der Waals surface area contributed by atoms with Crippen LogP contribution in [0.4, 0.5) is 0 Å². The molecule has 3 aromatic carbocycles. The van der Waals surface area contributed by atoms with Gasteiger partial charge in [0.1, 0.15) is 24.9 Å². The lowest BCUT2D eigenvalue weighted by Gasteiger charge is -2.38. The number of nitrogens with zero attached hydrogens (tertiary/aromatic N) is 1. The highest BCUT2D eigenvalue weighted by Gasteiger charge is 2.43. The number of nitrogens with one attached hydrogen (secondary N) is 1. The first-order chi connectivity index (χ1) is 21.7. The second-order valence-electron chi connectivity index (χ2n) is 12.2. The van der Waals surface area contributed by atoms with Gasteiger partial charge in [0, 0.05) is 26.2 Å². The monoisotopic (exact) mass is 618 g/mol. The van der Waals surface area contributed by atoms with Crippen LogP contribution in [-0.4, -0.2) is 79.1 Å². The zero-order valence-electron chi connectivity index (χ0n) is 26.5. The highest BCUT2D eigenvalue weighted by Crippen LogP contribution is 2.24. The average Bonchev–Trinajstić information content (AvgIpc) is 3.07. The van der Waals surface area contributed by atoms with Crippen LogP contribution in [0.15, 0.2) is 91.0 Å². The summed E-state index contributed by atoms with van der Waals surface area (Å²) in [4.78, 5) is 28.7. The maximum Gasteiger partial charge on any atom is 0.311 e. The Morgan fingerprint density at radius 2 is 1.18 bits per heavy atom. The van der Waals surface area contributed by atoms with Gasteiger partial charge in [0.2, 0.25) is 0 Å². The summed E-state index contributed by atoms with van der Waals surface area (Å²) in [6, 6.07) is 28.7. The summed E-state index contributed by atoms with van der Waals surface area (Å²) in [6.07, 6.45) is -4.59. The number of benzene rings is 3. The molecule has 0 bridgehead atoms. The Morgan fingerprint density at radius 1 is 0.733 bits per heavy atom. The number of carbonyl (C=O) groups is 2. The van der Waals surface area contributed by atoms with Gasteiger partial charge in [0.25, 0.3) is 5.91 Å². The Hall–Kier alpha value is -3.60. The standard InChI is InChI=1S/C36H46N2O7/c1-36(2,3)35(41)45-26-30(39)31(42-23-27-13-7-4-8-14-27)32(43-24-28-15-9-5-10-16-28)33(34(40)38-21-19-37-20-22-38)44-25-29-17-11-6-12-18-29/h4-18,30-33,37,39H,19-26H2,1-3H3/t30-,31+,32-,33+/m0/s1. The van der Waals surface area contributed by atoms with Crippen molar-refractivity contribution in [2.24, 2.45) is 5.41 Å². The molecule has 1 saturated heterocycles. The molecule has 4 rings (SSSR count). The number of aliphatic hydroxyl groups excluding tert-OH is 1. The molecule has 1 aliphatic rings. The van der Waals surface area contributed by atoms with Gasteiger partial charge >= 0.3 is 5.97 Å². The smallest absolute Gasteiger partial charge is 0.311 e. The third-order valence-corrected chi connectivity index (χ3v) is 7.51. The number of rotatable bonds is 15. The Kier molecular flexibility index (Phi) is 13.1. The molecule has 0 radical (unpaired) electrons. The molecule has 1 amide bonds. The van der Waals surface area contributed by atoms with Crippen LogP contribution in [0, 0.1) is 5.41 Å². The van der Waals surface area contributed by atoms with Crippen LogP contribution in [-0.2, 0) is 48.4 Å². The lowest BCUT2D eigenvalue weighted by Crippen LogP contribution is -2.58. The van der Waals surface area contributed by atoms with Gasteiger partial charge in [-0.3, -0.25) is 9.59 Å². The Bertz CT molecular complexity index is 1300. The van der Waals surface area contributed by atoms with Gasteiger partial charge in [-0.15, -0.1) is 0 Å². The topological polar surface area (TPSA) is 107 Å². The second-order valence-corrected chi connectivity index (χ2v) is 12.2. The van der Waals surface area contributed by atoms with Crippen LogP contribution in [0.1, 0.15) is 37.5 Å². The molecule has 0 aromatic heterocycles. The molecule has 1 heterocycles. The summed E-state index contributed by atoms with van der Waals surface area (Å²) in [5.41, 5.74) is 1.88. The molecule has 0 saturated carbocycles. The van der Waals surface area contributed by atoms with E-state index in [9.17, 15) is 14.7 Å². The second kappa shape index (κ2) is 17.2. The van der Waals surface area contributed by atoms with Gasteiger partial charge in [-0.05, 0) is 37.5 Å². The van der Waals surface area contributed by atoms with Gasteiger partial charge in [-0.2, -0.15) is 0 Å². The van der Waals surface area contributed by atoms with Gasteiger partial charge in [-0.25, -0.2) is 0 Å². The molecular formula is C36H46N2O7. The van der Waals surface area contributed by atoms with E-state index in [0.717, 1.165) is 16.7 Å². The third kappa shape index (κ3) is 10.8. The van der Waals surface area contributed by atoms with E-state index in [0.29, 0.717) is 26.2 Å². The van der Waals surface area contributed by atoms with E-state index in [2.05, 4.69) is 5.32 Å². The summed E-state index contributed by atoms with van der Waals surface area (Å²) in [5.74, 6) is -0.712. The van der Waals surface area contributed by atoms with Crippen LogP contribution in [0.25, 0.3) is 0 Å². The molecule has 9 heteroatoms. The lowest BCUT2D eigenvalue weighted by atomic mass is 9.97. The molecule has 1 fully saturated rings. The normalized spacial score (nSPS) is 16.4. The lowest BCUT2D eigenvalue weighted by molar-refractivity contribution is -0.198. The number of carbonyl (C=O) groups excluding carboxylic acids is 2. The van der Waals surface area contributed by atoms with Crippen molar-refractivity contribution in [2.75, 3.05) is 32.8 Å².